The van der Waals surface area contributed by atoms with Gasteiger partial charge in [-0.2, -0.15) is 0 Å². The van der Waals surface area contributed by atoms with Gasteiger partial charge >= 0.3 is 0 Å². The van der Waals surface area contributed by atoms with E-state index in [2.05, 4.69) is 14.4 Å². The van der Waals surface area contributed by atoms with Gasteiger partial charge in [-0.25, -0.2) is 21.2 Å². The fourth-order valence-electron chi connectivity index (χ4n) is 2.73. The number of rotatable bonds is 5. The minimum absolute atomic E-state index is 0.0165. The monoisotopic (exact) mass is 459 g/mol. The summed E-state index contributed by atoms with van der Waals surface area (Å²) in [7, 11) is -7.83. The number of benzene rings is 2. The molecule has 29 heavy (non-hydrogen) atoms. The van der Waals surface area contributed by atoms with Crippen LogP contribution >= 0.6 is 11.6 Å². The molecule has 0 radical (unpaired) electrons. The van der Waals surface area contributed by atoms with Crippen molar-refractivity contribution in [1.82, 2.24) is 4.72 Å². The highest BCUT2D eigenvalue weighted by Gasteiger charge is 2.19. The van der Waals surface area contributed by atoms with Crippen molar-refractivity contribution in [3.8, 4) is 0 Å². The molecule has 0 saturated carbocycles. The van der Waals surface area contributed by atoms with Gasteiger partial charge in [0.2, 0.25) is 0 Å². The van der Waals surface area contributed by atoms with Crippen LogP contribution < -0.4 is 9.44 Å². The number of nitrogens with zero attached hydrogens (tertiary/aromatic N) is 1. The molecule has 2 N–H and O–H groups in total. The Hall–Kier alpha value is -2.17. The second-order valence-corrected chi connectivity index (χ2v) is 10.2. The maximum absolute atomic E-state index is 13.2. The van der Waals surface area contributed by atoms with Crippen LogP contribution in [0.15, 0.2) is 57.2 Å². The first-order valence-corrected chi connectivity index (χ1v) is 12.2. The van der Waals surface area contributed by atoms with E-state index >= 15 is 0 Å². The zero-order valence-corrected chi connectivity index (χ0v) is 17.6. The lowest BCUT2D eigenvalue weighted by Gasteiger charge is -2.11. The molecule has 0 bridgehead atoms. The lowest BCUT2D eigenvalue weighted by molar-refractivity contribution is 0.591. The minimum atomic E-state index is -4.01. The number of sulfonamides is 2. The topological polar surface area (TPSA) is 105 Å². The Balaban J connectivity index is 1.75. The van der Waals surface area contributed by atoms with Crippen LogP contribution in [0.5, 0.6) is 0 Å². The van der Waals surface area contributed by atoms with Gasteiger partial charge in [-0.05, 0) is 55.3 Å². The molecule has 7 nitrogen and oxygen atoms in total. The fraction of sp³-hybridized carbons (Fsp3) is 0.278. The predicted octanol–water partition coefficient (Wildman–Crippen LogP) is 3.53. The molecular weight excluding hydrogens is 441 g/mol. The number of aliphatic imine (C=N–C) groups is 1. The standard InChI is InChI=1S/C18H19ClFN3O4S2/c19-16-12-15(9-10-17(16)20)29(26,27)22-13-5-7-14(8-6-13)28(24,25)23-18-4-2-1-3-11-21-18/h5-10,12,22H,1-4,11H2,(H,21,23). The highest BCUT2D eigenvalue weighted by Crippen LogP contribution is 2.22. The first-order valence-electron chi connectivity index (χ1n) is 8.81. The Morgan fingerprint density at radius 3 is 2.21 bits per heavy atom. The lowest BCUT2D eigenvalue weighted by atomic mass is 10.2. The van der Waals surface area contributed by atoms with Gasteiger partial charge in [0.05, 0.1) is 14.8 Å². The fourth-order valence-corrected chi connectivity index (χ4v) is 5.15. The molecule has 2 aromatic rings. The molecular formula is C18H19ClFN3O4S2. The number of hydrogen-bond donors (Lipinski definition) is 2. The van der Waals surface area contributed by atoms with Gasteiger partial charge < -0.3 is 0 Å². The third kappa shape index (κ3) is 5.46. The van der Waals surface area contributed by atoms with E-state index in [-0.39, 0.29) is 20.5 Å². The maximum Gasteiger partial charge on any atom is 0.262 e. The SMILES string of the molecule is O=S(=O)(NC1=NCCCCC1)c1ccc(NS(=O)(=O)c2ccc(F)c(Cl)c2)cc1. The van der Waals surface area contributed by atoms with Crippen molar-refractivity contribution in [2.24, 2.45) is 4.99 Å². The summed E-state index contributed by atoms with van der Waals surface area (Å²) in [6.45, 7) is 0.589. The van der Waals surface area contributed by atoms with E-state index in [9.17, 15) is 21.2 Å². The molecule has 0 atom stereocenters. The van der Waals surface area contributed by atoms with Crippen LogP contribution in [0.1, 0.15) is 25.7 Å². The van der Waals surface area contributed by atoms with Crippen molar-refractivity contribution >= 4 is 43.2 Å². The van der Waals surface area contributed by atoms with Crippen LogP contribution in [0.3, 0.4) is 0 Å². The highest BCUT2D eigenvalue weighted by atomic mass is 35.5. The van der Waals surface area contributed by atoms with Crippen molar-refractivity contribution in [3.05, 3.63) is 53.3 Å². The molecule has 1 heterocycles. The molecule has 0 aliphatic carbocycles. The zero-order chi connectivity index (χ0) is 21.1. The normalized spacial score (nSPS) is 15.3. The van der Waals surface area contributed by atoms with Gasteiger partial charge in [0.25, 0.3) is 20.0 Å². The molecule has 2 aromatic carbocycles. The largest absolute Gasteiger partial charge is 0.280 e. The van der Waals surface area contributed by atoms with E-state index in [0.717, 1.165) is 37.5 Å². The second kappa shape index (κ2) is 8.68. The van der Waals surface area contributed by atoms with Crippen LogP contribution in [-0.2, 0) is 20.0 Å². The number of nitrogens with one attached hydrogen (secondary N) is 2. The number of anilines is 1. The van der Waals surface area contributed by atoms with Gasteiger partial charge in [0.15, 0.2) is 0 Å². The van der Waals surface area contributed by atoms with Crippen LogP contribution in [0.2, 0.25) is 5.02 Å². The average molecular weight is 460 g/mol. The Bertz CT molecular complexity index is 1130. The molecule has 0 saturated heterocycles. The molecule has 156 valence electrons. The van der Waals surface area contributed by atoms with E-state index in [1.54, 1.807) is 0 Å². The first-order chi connectivity index (χ1) is 13.7. The third-order valence-electron chi connectivity index (χ3n) is 4.24. The molecule has 0 amide bonds. The van der Waals surface area contributed by atoms with Crippen molar-refractivity contribution in [2.45, 2.75) is 35.5 Å². The summed E-state index contributed by atoms with van der Waals surface area (Å²) < 4.78 is 67.9. The van der Waals surface area contributed by atoms with Crippen LogP contribution in [-0.4, -0.2) is 29.2 Å². The molecule has 1 aliphatic heterocycles. The van der Waals surface area contributed by atoms with Crippen molar-refractivity contribution in [2.75, 3.05) is 11.3 Å². The van der Waals surface area contributed by atoms with Gasteiger partial charge in [0, 0.05) is 18.7 Å². The predicted molar refractivity (Wildman–Crippen MR) is 110 cm³/mol. The third-order valence-corrected chi connectivity index (χ3v) is 7.31. The second-order valence-electron chi connectivity index (χ2n) is 6.45. The lowest BCUT2D eigenvalue weighted by Crippen LogP contribution is -2.30. The van der Waals surface area contributed by atoms with Crippen LogP contribution in [0.25, 0.3) is 0 Å². The quantitative estimate of drug-likeness (QED) is 0.713. The smallest absolute Gasteiger partial charge is 0.262 e. The summed E-state index contributed by atoms with van der Waals surface area (Å²) in [4.78, 5) is 4.01. The molecule has 0 unspecified atom stereocenters. The summed E-state index contributed by atoms with van der Waals surface area (Å²) >= 11 is 5.63. The zero-order valence-electron chi connectivity index (χ0n) is 15.2. The maximum atomic E-state index is 13.2. The van der Waals surface area contributed by atoms with Gasteiger partial charge in [-0.3, -0.25) is 14.4 Å². The molecule has 0 spiro atoms. The summed E-state index contributed by atoms with van der Waals surface area (Å²) in [5, 5.41) is -0.318. The van der Waals surface area contributed by atoms with Crippen molar-refractivity contribution in [3.63, 3.8) is 0 Å². The van der Waals surface area contributed by atoms with Gasteiger partial charge in [-0.1, -0.05) is 18.0 Å². The Kier molecular flexibility index (Phi) is 6.45. The van der Waals surface area contributed by atoms with Crippen molar-refractivity contribution < 1.29 is 21.2 Å². The number of halogens is 2. The Morgan fingerprint density at radius 2 is 1.52 bits per heavy atom. The van der Waals surface area contributed by atoms with E-state index in [1.165, 1.54) is 24.3 Å². The number of hydrogen-bond acceptors (Lipinski definition) is 5. The molecule has 1 aliphatic rings. The van der Waals surface area contributed by atoms with Gasteiger partial charge in [-0.15, -0.1) is 0 Å². The number of amidine groups is 1. The molecule has 0 fully saturated rings. The summed E-state index contributed by atoms with van der Waals surface area (Å²) in [6, 6.07) is 8.26. The molecule has 0 aromatic heterocycles. The van der Waals surface area contributed by atoms with Crippen LogP contribution in [0.4, 0.5) is 10.1 Å². The van der Waals surface area contributed by atoms with E-state index in [0.29, 0.717) is 18.8 Å². The first kappa shape index (κ1) is 21.5. The average Bonchev–Trinajstić information content (AvgIpc) is 2.92. The molecule has 11 heteroatoms. The minimum Gasteiger partial charge on any atom is -0.280 e. The summed E-state index contributed by atoms with van der Waals surface area (Å²) in [5.41, 5.74) is 0.149. The molecule has 3 rings (SSSR count). The van der Waals surface area contributed by atoms with E-state index in [1.807, 2.05) is 0 Å². The Labute approximate surface area is 174 Å². The van der Waals surface area contributed by atoms with Crippen LogP contribution in [0, 0.1) is 5.82 Å². The Morgan fingerprint density at radius 1 is 0.862 bits per heavy atom. The van der Waals surface area contributed by atoms with E-state index < -0.39 is 25.9 Å². The van der Waals surface area contributed by atoms with Crippen molar-refractivity contribution in [1.29, 1.82) is 0 Å². The highest BCUT2D eigenvalue weighted by molar-refractivity contribution is 7.92. The summed E-state index contributed by atoms with van der Waals surface area (Å²) in [6.07, 6.45) is 3.37. The van der Waals surface area contributed by atoms with Gasteiger partial charge in [0.1, 0.15) is 11.7 Å². The summed E-state index contributed by atoms with van der Waals surface area (Å²) in [5.74, 6) is -0.300. The van der Waals surface area contributed by atoms with E-state index in [4.69, 9.17) is 11.6 Å².